The topological polar surface area (TPSA) is 86.8 Å². The number of amides is 2. The molecule has 0 unspecified atom stereocenters. The summed E-state index contributed by atoms with van der Waals surface area (Å²) in [4.78, 5) is 28.3. The van der Waals surface area contributed by atoms with Gasteiger partial charge in [0.25, 0.3) is 0 Å². The van der Waals surface area contributed by atoms with Crippen molar-refractivity contribution in [3.8, 4) is 0 Å². The summed E-state index contributed by atoms with van der Waals surface area (Å²) in [6, 6.07) is 12.5. The second-order valence-corrected chi connectivity index (χ2v) is 11.5. The molecule has 0 aliphatic heterocycles. The predicted octanol–water partition coefficient (Wildman–Crippen LogP) is 3.96. The van der Waals surface area contributed by atoms with Crippen molar-refractivity contribution in [1.29, 1.82) is 0 Å². The van der Waals surface area contributed by atoms with Gasteiger partial charge in [0.2, 0.25) is 21.8 Å². The summed E-state index contributed by atoms with van der Waals surface area (Å²) < 4.78 is 26.7. The Hall–Kier alpha value is -2.87. The number of rotatable bonds is 11. The van der Waals surface area contributed by atoms with Crippen LogP contribution < -0.4 is 9.62 Å². The zero-order valence-corrected chi connectivity index (χ0v) is 22.8. The molecule has 0 fully saturated rings. The van der Waals surface area contributed by atoms with E-state index in [1.54, 1.807) is 6.07 Å². The number of sulfonamides is 1. The van der Waals surface area contributed by atoms with E-state index in [9.17, 15) is 18.0 Å². The zero-order chi connectivity index (χ0) is 26.3. The van der Waals surface area contributed by atoms with Crippen molar-refractivity contribution >= 4 is 27.5 Å². The second kappa shape index (κ2) is 12.2. The summed E-state index contributed by atoms with van der Waals surface area (Å²) in [6.07, 6.45) is 1.50. The Kier molecular flexibility index (Phi) is 9.89. The third-order valence-corrected chi connectivity index (χ3v) is 6.94. The highest BCUT2D eigenvalue weighted by Crippen LogP contribution is 2.25. The number of benzene rings is 2. The van der Waals surface area contributed by atoms with E-state index in [2.05, 4.69) is 5.32 Å². The molecule has 192 valence electrons. The van der Waals surface area contributed by atoms with E-state index in [1.165, 1.54) is 4.90 Å². The lowest BCUT2D eigenvalue weighted by Gasteiger charge is -2.33. The second-order valence-electron chi connectivity index (χ2n) is 9.63. The first kappa shape index (κ1) is 28.4. The number of carbonyl (C=O) groups excluding carboxylic acids is 2. The van der Waals surface area contributed by atoms with Gasteiger partial charge in [0, 0.05) is 13.1 Å². The van der Waals surface area contributed by atoms with Gasteiger partial charge in [-0.2, -0.15) is 0 Å². The largest absolute Gasteiger partial charge is 0.354 e. The Bertz CT molecular complexity index is 1140. The molecule has 8 heteroatoms. The van der Waals surface area contributed by atoms with Crippen molar-refractivity contribution in [2.45, 2.75) is 60.5 Å². The van der Waals surface area contributed by atoms with Crippen LogP contribution in [0.3, 0.4) is 0 Å². The Balaban J connectivity index is 2.47. The van der Waals surface area contributed by atoms with E-state index in [4.69, 9.17) is 0 Å². The summed E-state index contributed by atoms with van der Waals surface area (Å²) in [5, 5.41) is 2.93. The molecule has 0 heterocycles. The standard InChI is InChI=1S/C27H39N3O4S/c1-8-24(27(32)28-16-19(2)3)29(17-23-11-9-10-20(4)14-23)26(31)18-30(35(7,33)34)25-15-21(5)12-13-22(25)6/h9-15,19,24H,8,16-18H2,1-7H3,(H,28,32)/t24-/m1/s1. The maximum Gasteiger partial charge on any atom is 0.244 e. The van der Waals surface area contributed by atoms with Crippen LogP contribution in [-0.2, 0) is 26.2 Å². The lowest BCUT2D eigenvalue weighted by atomic mass is 10.1. The number of nitrogens with zero attached hydrogens (tertiary/aromatic N) is 2. The Morgan fingerprint density at radius 3 is 2.23 bits per heavy atom. The maximum absolute atomic E-state index is 13.7. The van der Waals surface area contributed by atoms with Gasteiger partial charge in [-0.1, -0.05) is 62.7 Å². The SMILES string of the molecule is CC[C@H](C(=O)NCC(C)C)N(Cc1cccc(C)c1)C(=O)CN(c1cc(C)ccc1C)S(C)(=O)=O. The fraction of sp³-hybridized carbons (Fsp3) is 0.481. The molecule has 35 heavy (non-hydrogen) atoms. The number of hydrogen-bond donors (Lipinski definition) is 1. The minimum absolute atomic E-state index is 0.207. The van der Waals surface area contributed by atoms with Gasteiger partial charge in [-0.25, -0.2) is 8.42 Å². The molecule has 7 nitrogen and oxygen atoms in total. The van der Waals surface area contributed by atoms with Gasteiger partial charge in [0.1, 0.15) is 12.6 Å². The van der Waals surface area contributed by atoms with Crippen molar-refractivity contribution in [2.24, 2.45) is 5.92 Å². The van der Waals surface area contributed by atoms with Crippen LogP contribution in [-0.4, -0.2) is 50.5 Å². The van der Waals surface area contributed by atoms with Gasteiger partial charge >= 0.3 is 0 Å². The first-order valence-corrected chi connectivity index (χ1v) is 13.9. The highest BCUT2D eigenvalue weighted by atomic mass is 32.2. The van der Waals surface area contributed by atoms with E-state index in [1.807, 2.05) is 77.9 Å². The molecule has 1 atom stereocenters. The maximum atomic E-state index is 13.7. The molecule has 0 saturated heterocycles. The first-order chi connectivity index (χ1) is 16.3. The highest BCUT2D eigenvalue weighted by Gasteiger charge is 2.32. The van der Waals surface area contributed by atoms with Crippen LogP contribution in [0.1, 0.15) is 49.4 Å². The van der Waals surface area contributed by atoms with Crippen molar-refractivity contribution in [1.82, 2.24) is 10.2 Å². The smallest absolute Gasteiger partial charge is 0.244 e. The van der Waals surface area contributed by atoms with Gasteiger partial charge in [-0.3, -0.25) is 13.9 Å². The molecule has 0 aliphatic rings. The third kappa shape index (κ3) is 8.09. The molecule has 2 aromatic carbocycles. The normalized spacial score (nSPS) is 12.3. The Morgan fingerprint density at radius 2 is 1.66 bits per heavy atom. The van der Waals surface area contributed by atoms with Crippen molar-refractivity contribution in [3.63, 3.8) is 0 Å². The molecular weight excluding hydrogens is 462 g/mol. The summed E-state index contributed by atoms with van der Waals surface area (Å²) in [5.41, 5.74) is 4.03. The fourth-order valence-electron chi connectivity index (χ4n) is 3.93. The van der Waals surface area contributed by atoms with E-state index in [-0.39, 0.29) is 24.9 Å². The summed E-state index contributed by atoms with van der Waals surface area (Å²) in [5.74, 6) is -0.397. The number of nitrogens with one attached hydrogen (secondary N) is 1. The molecule has 1 N–H and O–H groups in total. The highest BCUT2D eigenvalue weighted by molar-refractivity contribution is 7.92. The van der Waals surface area contributed by atoms with Crippen LogP contribution in [0.4, 0.5) is 5.69 Å². The average Bonchev–Trinajstić information content (AvgIpc) is 2.76. The van der Waals surface area contributed by atoms with Crippen molar-refractivity contribution < 1.29 is 18.0 Å². The number of aryl methyl sites for hydroxylation is 3. The molecule has 2 aromatic rings. The Morgan fingerprint density at radius 1 is 1.00 bits per heavy atom. The molecule has 0 saturated carbocycles. The molecule has 0 bridgehead atoms. The molecule has 0 spiro atoms. The van der Waals surface area contributed by atoms with E-state index >= 15 is 0 Å². The van der Waals surface area contributed by atoms with Crippen LogP contribution in [0.25, 0.3) is 0 Å². The monoisotopic (exact) mass is 501 g/mol. The third-order valence-electron chi connectivity index (χ3n) is 5.82. The minimum atomic E-state index is -3.75. The summed E-state index contributed by atoms with van der Waals surface area (Å²) in [7, 11) is -3.75. The van der Waals surface area contributed by atoms with Crippen LogP contribution in [0.15, 0.2) is 42.5 Å². The molecule has 0 radical (unpaired) electrons. The fourth-order valence-corrected chi connectivity index (χ4v) is 4.83. The predicted molar refractivity (Wildman–Crippen MR) is 142 cm³/mol. The minimum Gasteiger partial charge on any atom is -0.354 e. The number of hydrogen-bond acceptors (Lipinski definition) is 4. The van der Waals surface area contributed by atoms with Crippen LogP contribution in [0.2, 0.25) is 0 Å². The van der Waals surface area contributed by atoms with Gasteiger partial charge < -0.3 is 10.2 Å². The number of anilines is 1. The van der Waals surface area contributed by atoms with E-state index < -0.39 is 22.0 Å². The number of carbonyl (C=O) groups is 2. The van der Waals surface area contributed by atoms with Crippen molar-refractivity contribution in [2.75, 3.05) is 23.7 Å². The van der Waals surface area contributed by atoms with Gasteiger partial charge in [0.05, 0.1) is 11.9 Å². The summed E-state index contributed by atoms with van der Waals surface area (Å²) in [6.45, 7) is 11.8. The molecule has 2 amide bonds. The van der Waals surface area contributed by atoms with Crippen LogP contribution >= 0.6 is 0 Å². The lowest BCUT2D eigenvalue weighted by Crippen LogP contribution is -2.52. The van der Waals surface area contributed by atoms with Crippen LogP contribution in [0, 0.1) is 26.7 Å². The lowest BCUT2D eigenvalue weighted by molar-refractivity contribution is -0.140. The van der Waals surface area contributed by atoms with Gasteiger partial charge in [-0.05, 0) is 55.9 Å². The molecular formula is C27H39N3O4S. The quantitative estimate of drug-likeness (QED) is 0.505. The van der Waals surface area contributed by atoms with Crippen molar-refractivity contribution in [3.05, 3.63) is 64.7 Å². The molecule has 0 aromatic heterocycles. The first-order valence-electron chi connectivity index (χ1n) is 12.0. The van der Waals surface area contributed by atoms with E-state index in [0.717, 1.165) is 32.8 Å². The Labute approximate surface area is 210 Å². The van der Waals surface area contributed by atoms with Crippen LogP contribution in [0.5, 0.6) is 0 Å². The van der Waals surface area contributed by atoms with E-state index in [0.29, 0.717) is 18.7 Å². The molecule has 2 rings (SSSR count). The molecule has 0 aliphatic carbocycles. The van der Waals surface area contributed by atoms with Gasteiger partial charge in [-0.15, -0.1) is 0 Å². The average molecular weight is 502 g/mol. The summed E-state index contributed by atoms with van der Waals surface area (Å²) >= 11 is 0. The van der Waals surface area contributed by atoms with Gasteiger partial charge in [0.15, 0.2) is 0 Å². The zero-order valence-electron chi connectivity index (χ0n) is 22.0.